The molecule has 0 heterocycles. The van der Waals surface area contributed by atoms with Gasteiger partial charge in [0.15, 0.2) is 0 Å². The topological polar surface area (TPSA) is 0 Å². The molecule has 0 saturated carbocycles. The normalized spacial score (nSPS) is 16.6. The van der Waals surface area contributed by atoms with Crippen molar-refractivity contribution in [3.05, 3.63) is 0 Å². The Morgan fingerprint density at radius 1 is 0.400 bits per heavy atom. The van der Waals surface area contributed by atoms with E-state index in [0.717, 1.165) is 22.6 Å². The molecule has 0 N–H and O–H groups in total. The van der Waals surface area contributed by atoms with Gasteiger partial charge < -0.3 is 0 Å². The Morgan fingerprint density at radius 3 is 0.880 bits per heavy atom. The zero-order valence-corrected chi connectivity index (χ0v) is 30.7. The third kappa shape index (κ3) is 7.85. The molecule has 0 nitrogen and oxygen atoms in total. The fourth-order valence-electron chi connectivity index (χ4n) is 4.95. The van der Waals surface area contributed by atoms with Gasteiger partial charge in [0, 0.05) is 0 Å². The Labute approximate surface area is 287 Å². The zero-order chi connectivity index (χ0) is 40.6. The van der Waals surface area contributed by atoms with Gasteiger partial charge in [-0.2, -0.15) is 26.3 Å². The first-order valence-corrected chi connectivity index (χ1v) is 23.2. The van der Waals surface area contributed by atoms with Gasteiger partial charge in [-0.25, -0.2) is 0 Å². The molecule has 0 aliphatic rings. The van der Waals surface area contributed by atoms with Gasteiger partial charge in [0.2, 0.25) is 0 Å². The van der Waals surface area contributed by atoms with E-state index in [2.05, 4.69) is 0 Å². The van der Waals surface area contributed by atoms with Crippen LogP contribution in [0, 0.1) is 0 Å². The molecule has 1 unspecified atom stereocenters. The second-order valence-electron chi connectivity index (χ2n) is 11.7. The van der Waals surface area contributed by atoms with Gasteiger partial charge in [-0.05, 0) is 0 Å². The summed E-state index contributed by atoms with van der Waals surface area (Å²) in [5.41, 5.74) is -9.01. The molecule has 0 aliphatic carbocycles. The number of hydrogen-bond acceptors (Lipinski definition) is 0. The standard InChI is InChI=1S/C13H3F23I.3C4H9.Sn/c14-3(15,1-2-37)5(17,18)7(21,22)9(25,26)11(29,30)10(27,28)8(23,24)6(19,20)4(16,12(31,32)33)13(34,35)36;3*1-3-4-2;/h2H,1H2;3*1,3-4H2,2H3;. The maximum absolute atomic E-state index is 15.0. The van der Waals surface area contributed by atoms with Gasteiger partial charge in [0.1, 0.15) is 0 Å². The Balaban J connectivity index is 7.32. The Morgan fingerprint density at radius 2 is 0.640 bits per heavy atom. The third-order valence-corrected chi connectivity index (χ3v) is 33.5. The van der Waals surface area contributed by atoms with Crippen molar-refractivity contribution in [2.24, 2.45) is 0 Å². The Kier molecular flexibility index (Phi) is 15.6. The zero-order valence-electron chi connectivity index (χ0n) is 25.7. The number of unbranched alkanes of at least 4 members (excludes halogenated alkanes) is 3. The second-order valence-corrected chi connectivity index (χ2v) is 30.6. The summed E-state index contributed by atoms with van der Waals surface area (Å²) in [7, 11) is 0. The molecule has 0 rings (SSSR count). The molecule has 0 aromatic heterocycles. The number of hydrogen-bond donors (Lipinski definition) is 0. The summed E-state index contributed by atoms with van der Waals surface area (Å²) in [4.78, 5) is 0. The minimum atomic E-state index is -9.44. The van der Waals surface area contributed by atoms with Crippen molar-refractivity contribution in [1.29, 1.82) is 0 Å². The third-order valence-electron chi connectivity index (χ3n) is 8.22. The first kappa shape index (κ1) is 49.9. The summed E-state index contributed by atoms with van der Waals surface area (Å²) in [6, 6.07) is 0. The minimum absolute atomic E-state index is 0.131. The summed E-state index contributed by atoms with van der Waals surface area (Å²) in [5, 5.41) is 0. The molecule has 0 aromatic rings. The van der Waals surface area contributed by atoms with Crippen molar-refractivity contribution >= 4 is 41.0 Å². The van der Waals surface area contributed by atoms with Crippen LogP contribution in [0.3, 0.4) is 0 Å². The molecule has 25 heteroatoms. The average molecular weight is 1010 g/mol. The minimum Gasteiger partial charge on any atom is -0.167 e. The SMILES string of the molecule is CCC[CH2][Sn]([CH2]CCC)([CH2]CCC)[CH](I)CC(F)(F)C(F)(F)C(F)(F)C(F)(F)C(F)(F)C(F)(F)C(F)(F)C(F)(F)C(F)(C(F)(F)F)C(F)(F)F. The monoisotopic (exact) mass is 1010 g/mol. The molecule has 0 amide bonds. The van der Waals surface area contributed by atoms with E-state index in [1.165, 1.54) is 0 Å². The molecule has 0 aliphatic heterocycles. The molecular formula is C25H30F23ISn. The number of rotatable bonds is 20. The van der Waals surface area contributed by atoms with Crippen LogP contribution in [0.1, 0.15) is 65.7 Å². The van der Waals surface area contributed by atoms with Crippen molar-refractivity contribution in [3.8, 4) is 0 Å². The molecule has 0 bridgehead atoms. The van der Waals surface area contributed by atoms with E-state index >= 15 is 0 Å². The van der Waals surface area contributed by atoms with Crippen molar-refractivity contribution in [2.45, 2.75) is 146 Å². The molecule has 1 atom stereocenters. The fourth-order valence-corrected chi connectivity index (χ4v) is 27.6. The average Bonchev–Trinajstić information content (AvgIpc) is 2.94. The van der Waals surface area contributed by atoms with Crippen LogP contribution in [0.25, 0.3) is 0 Å². The Hall–Kier alpha value is -0.0813. The van der Waals surface area contributed by atoms with Gasteiger partial charge in [0.05, 0.1) is 0 Å². The van der Waals surface area contributed by atoms with Gasteiger partial charge in [-0.3, -0.25) is 0 Å². The molecular weight excluding hydrogens is 983 g/mol. The maximum atomic E-state index is 15.0. The van der Waals surface area contributed by atoms with Crippen LogP contribution in [-0.4, -0.2) is 85.7 Å². The van der Waals surface area contributed by atoms with Gasteiger partial charge in [0.25, 0.3) is 0 Å². The summed E-state index contributed by atoms with van der Waals surface area (Å²) >= 11 is -3.18. The van der Waals surface area contributed by atoms with Crippen LogP contribution in [0.4, 0.5) is 101 Å². The van der Waals surface area contributed by atoms with Crippen LogP contribution in [-0.2, 0) is 0 Å². The Bertz CT molecular complexity index is 1060. The molecule has 0 radical (unpaired) electrons. The van der Waals surface area contributed by atoms with E-state index < -0.39 is 92.1 Å². The van der Waals surface area contributed by atoms with E-state index in [4.69, 9.17) is 0 Å². The molecule has 302 valence electrons. The van der Waals surface area contributed by atoms with Gasteiger partial charge >= 0.3 is 262 Å². The molecule has 50 heavy (non-hydrogen) atoms. The van der Waals surface area contributed by atoms with Crippen LogP contribution in [0.15, 0.2) is 0 Å². The first-order valence-electron chi connectivity index (χ1n) is 14.3. The second kappa shape index (κ2) is 15.6. The van der Waals surface area contributed by atoms with E-state index in [9.17, 15) is 101 Å². The van der Waals surface area contributed by atoms with Gasteiger partial charge in [-0.1, -0.05) is 0 Å². The van der Waals surface area contributed by atoms with Crippen molar-refractivity contribution in [3.63, 3.8) is 0 Å². The predicted octanol–water partition coefficient (Wildman–Crippen LogP) is 13.5. The van der Waals surface area contributed by atoms with E-state index in [-0.39, 0.29) is 32.6 Å². The van der Waals surface area contributed by atoms with Crippen LogP contribution < -0.4 is 0 Å². The number of alkyl halides is 24. The van der Waals surface area contributed by atoms with Crippen molar-refractivity contribution in [1.82, 2.24) is 0 Å². The van der Waals surface area contributed by atoms with Crippen LogP contribution in [0.5, 0.6) is 0 Å². The van der Waals surface area contributed by atoms with E-state index in [1.54, 1.807) is 20.8 Å². The molecule has 0 aromatic carbocycles. The van der Waals surface area contributed by atoms with E-state index in [0.29, 0.717) is 19.3 Å². The smallest absolute Gasteiger partial charge is 0.167 e. The quantitative estimate of drug-likeness (QED) is 0.0493. The van der Waals surface area contributed by atoms with Gasteiger partial charge in [-0.15, -0.1) is 0 Å². The van der Waals surface area contributed by atoms with Crippen LogP contribution >= 0.6 is 22.6 Å². The molecule has 0 spiro atoms. The summed E-state index contributed by atoms with van der Waals surface area (Å²) < 4.78 is 317. The summed E-state index contributed by atoms with van der Waals surface area (Å²) in [6.45, 7) is 4.83. The first-order chi connectivity index (χ1) is 21.8. The van der Waals surface area contributed by atoms with Crippen molar-refractivity contribution in [2.75, 3.05) is 0 Å². The van der Waals surface area contributed by atoms with Crippen molar-refractivity contribution < 1.29 is 101 Å². The molecule has 0 fully saturated rings. The van der Waals surface area contributed by atoms with E-state index in [1.807, 2.05) is 0 Å². The van der Waals surface area contributed by atoms with Crippen LogP contribution in [0.2, 0.25) is 13.3 Å². The number of halogens is 24. The summed E-state index contributed by atoms with van der Waals surface area (Å²) in [5.74, 6) is -69.9. The molecule has 0 saturated heterocycles. The fraction of sp³-hybridized carbons (Fsp3) is 1.00. The summed E-state index contributed by atoms with van der Waals surface area (Å²) in [6.07, 6.45) is -17.5. The predicted molar refractivity (Wildman–Crippen MR) is 143 cm³/mol.